The lowest BCUT2D eigenvalue weighted by atomic mass is 10.1. The fourth-order valence-corrected chi connectivity index (χ4v) is 1.59. The second-order valence-corrected chi connectivity index (χ2v) is 4.29. The molecule has 1 aliphatic rings. The molecule has 0 bridgehead atoms. The summed E-state index contributed by atoms with van der Waals surface area (Å²) >= 11 is 4.09. The first-order valence-corrected chi connectivity index (χ1v) is 6.46. The molecule has 0 fully saturated rings. The minimum Gasteiger partial charge on any atom is -0.465 e. The summed E-state index contributed by atoms with van der Waals surface area (Å²) in [7, 11) is 0. The quantitative estimate of drug-likeness (QED) is 0.237. The van der Waals surface area contributed by atoms with Gasteiger partial charge in [0.05, 0.1) is 13.2 Å². The van der Waals surface area contributed by atoms with Crippen LogP contribution in [0.15, 0.2) is 12.2 Å². The molecule has 0 saturated carbocycles. The first-order valence-electron chi connectivity index (χ1n) is 5.83. The summed E-state index contributed by atoms with van der Waals surface area (Å²) < 4.78 is 9.88. The Morgan fingerprint density at radius 2 is 1.76 bits per heavy atom. The van der Waals surface area contributed by atoms with Gasteiger partial charge >= 0.3 is 11.9 Å². The van der Waals surface area contributed by atoms with Crippen LogP contribution in [-0.2, 0) is 19.1 Å². The molecule has 0 radical (unpaired) electrons. The Kier molecular flexibility index (Phi) is 5.55. The van der Waals surface area contributed by atoms with E-state index in [4.69, 9.17) is 9.47 Å². The van der Waals surface area contributed by atoms with Crippen LogP contribution < -0.4 is 0 Å². The molecule has 0 aromatic heterocycles. The summed E-state index contributed by atoms with van der Waals surface area (Å²) in [5, 5.41) is 0. The zero-order valence-electron chi connectivity index (χ0n) is 9.98. The van der Waals surface area contributed by atoms with Crippen molar-refractivity contribution in [2.45, 2.75) is 26.2 Å². The molecule has 0 unspecified atom stereocenters. The number of hydrogen-bond acceptors (Lipinski definition) is 5. The fraction of sp³-hybridized carbons (Fsp3) is 0.667. The smallest absolute Gasteiger partial charge is 0.331 e. The van der Waals surface area contributed by atoms with Crippen LogP contribution >= 0.6 is 12.6 Å². The van der Waals surface area contributed by atoms with Gasteiger partial charge in [-0.3, -0.25) is 9.59 Å². The molecule has 0 aliphatic heterocycles. The van der Waals surface area contributed by atoms with E-state index in [1.54, 1.807) is 6.92 Å². The Hall–Kier alpha value is -0.970. The van der Waals surface area contributed by atoms with Crippen molar-refractivity contribution in [1.82, 2.24) is 0 Å². The molecule has 0 atom stereocenters. The number of esters is 2. The predicted molar refractivity (Wildman–Crippen MR) is 66.9 cm³/mol. The monoisotopic (exact) mass is 258 g/mol. The van der Waals surface area contributed by atoms with E-state index < -0.39 is 17.4 Å². The molecular weight excluding hydrogens is 240 g/mol. The molecule has 17 heavy (non-hydrogen) atoms. The van der Waals surface area contributed by atoms with Crippen molar-refractivity contribution in [3.8, 4) is 0 Å². The third-order valence-corrected chi connectivity index (χ3v) is 2.80. The van der Waals surface area contributed by atoms with Gasteiger partial charge in [0, 0.05) is 0 Å². The van der Waals surface area contributed by atoms with Crippen LogP contribution in [0.3, 0.4) is 0 Å². The number of rotatable bonds is 8. The van der Waals surface area contributed by atoms with Gasteiger partial charge in [-0.25, -0.2) is 0 Å². The van der Waals surface area contributed by atoms with Crippen LogP contribution in [0.25, 0.3) is 0 Å². The van der Waals surface area contributed by atoms with Gasteiger partial charge in [-0.1, -0.05) is 12.2 Å². The molecule has 4 nitrogen and oxygen atoms in total. The summed E-state index contributed by atoms with van der Waals surface area (Å²) in [5.41, 5.74) is -1.22. The average molecular weight is 258 g/mol. The molecule has 0 aromatic rings. The van der Waals surface area contributed by atoms with E-state index in [1.807, 2.05) is 0 Å². The number of hydrogen-bond donors (Lipinski definition) is 1. The van der Waals surface area contributed by atoms with Crippen molar-refractivity contribution in [3.63, 3.8) is 0 Å². The molecule has 0 aromatic carbocycles. The maximum Gasteiger partial charge on any atom is 0.331 e. The Morgan fingerprint density at radius 3 is 2.29 bits per heavy atom. The second-order valence-electron chi connectivity index (χ2n) is 3.84. The largest absolute Gasteiger partial charge is 0.465 e. The molecule has 0 spiro atoms. The van der Waals surface area contributed by atoms with Gasteiger partial charge in [0.1, 0.15) is 0 Å². The molecule has 1 aliphatic carbocycles. The number of carbonyl (C=O) groups excluding carboxylic acids is 2. The van der Waals surface area contributed by atoms with Gasteiger partial charge in [0.2, 0.25) is 5.41 Å². The van der Waals surface area contributed by atoms with Gasteiger partial charge in [-0.05, 0) is 31.9 Å². The van der Waals surface area contributed by atoms with E-state index in [-0.39, 0.29) is 6.61 Å². The Bertz CT molecular complexity index is 306. The summed E-state index contributed by atoms with van der Waals surface area (Å²) in [5.74, 6) is -0.232. The van der Waals surface area contributed by atoms with E-state index in [0.29, 0.717) is 6.61 Å². The van der Waals surface area contributed by atoms with Gasteiger partial charge in [-0.15, -0.1) is 0 Å². The summed E-state index contributed by atoms with van der Waals surface area (Å²) in [6.45, 7) is 2.31. The van der Waals surface area contributed by atoms with E-state index in [2.05, 4.69) is 12.6 Å². The predicted octanol–water partition coefficient (Wildman–Crippen LogP) is 1.75. The fourth-order valence-electron chi connectivity index (χ4n) is 1.36. The third-order valence-electron chi connectivity index (χ3n) is 2.49. The van der Waals surface area contributed by atoms with Crippen LogP contribution in [0.1, 0.15) is 26.2 Å². The maximum atomic E-state index is 11.7. The highest BCUT2D eigenvalue weighted by atomic mass is 32.1. The zero-order chi connectivity index (χ0) is 12.7. The lowest BCUT2D eigenvalue weighted by Gasteiger charge is -2.13. The minimum absolute atomic E-state index is 0.261. The zero-order valence-corrected chi connectivity index (χ0v) is 10.9. The Balaban J connectivity index is 2.25. The summed E-state index contributed by atoms with van der Waals surface area (Å²) in [6, 6.07) is 0. The molecule has 96 valence electrons. The number of carbonyl (C=O) groups is 2. The third kappa shape index (κ3) is 3.77. The van der Waals surface area contributed by atoms with Crippen molar-refractivity contribution in [2.24, 2.45) is 5.41 Å². The average Bonchev–Trinajstić information content (AvgIpc) is 3.10. The van der Waals surface area contributed by atoms with Crippen LogP contribution in [0.4, 0.5) is 0 Å². The van der Waals surface area contributed by atoms with Crippen molar-refractivity contribution in [1.29, 1.82) is 0 Å². The van der Waals surface area contributed by atoms with Crippen LogP contribution in [-0.4, -0.2) is 30.9 Å². The maximum absolute atomic E-state index is 11.7. The van der Waals surface area contributed by atoms with E-state index in [0.717, 1.165) is 25.0 Å². The topological polar surface area (TPSA) is 52.6 Å². The molecular formula is C12H18O4S. The van der Waals surface area contributed by atoms with Gasteiger partial charge in [0.15, 0.2) is 0 Å². The molecule has 0 amide bonds. The van der Waals surface area contributed by atoms with E-state index >= 15 is 0 Å². The van der Waals surface area contributed by atoms with Gasteiger partial charge < -0.3 is 9.47 Å². The molecule has 0 N–H and O–H groups in total. The van der Waals surface area contributed by atoms with Crippen LogP contribution in [0.2, 0.25) is 0 Å². The van der Waals surface area contributed by atoms with Crippen molar-refractivity contribution >= 4 is 24.6 Å². The van der Waals surface area contributed by atoms with Crippen molar-refractivity contribution in [3.05, 3.63) is 12.2 Å². The first kappa shape index (κ1) is 14.1. The highest BCUT2D eigenvalue weighted by molar-refractivity contribution is 7.80. The Morgan fingerprint density at radius 1 is 1.12 bits per heavy atom. The number of ether oxygens (including phenoxy) is 2. The van der Waals surface area contributed by atoms with Crippen LogP contribution in [0, 0.1) is 5.41 Å². The number of thiol groups is 1. The van der Waals surface area contributed by atoms with Crippen molar-refractivity contribution < 1.29 is 19.1 Å². The number of unbranched alkanes of at least 4 members (excludes halogenated alkanes) is 2. The highest BCUT2D eigenvalue weighted by Crippen LogP contribution is 2.37. The van der Waals surface area contributed by atoms with Crippen LogP contribution in [0.5, 0.6) is 0 Å². The molecule has 1 rings (SSSR count). The van der Waals surface area contributed by atoms with Gasteiger partial charge in [-0.2, -0.15) is 12.6 Å². The van der Waals surface area contributed by atoms with E-state index in [9.17, 15) is 9.59 Å². The summed E-state index contributed by atoms with van der Waals surface area (Å²) in [6.07, 6.45) is 5.80. The molecule has 0 saturated heterocycles. The minimum atomic E-state index is -1.22. The SMILES string of the molecule is CCOC(=O)C1(C(=O)OCCCCCS)C=C1. The van der Waals surface area contributed by atoms with Gasteiger partial charge in [0.25, 0.3) is 0 Å². The second kappa shape index (κ2) is 6.69. The first-order chi connectivity index (χ1) is 8.17. The Labute approximate surface area is 107 Å². The normalized spacial score (nSPS) is 15.4. The lowest BCUT2D eigenvalue weighted by Crippen LogP contribution is -2.31. The molecule has 5 heteroatoms. The van der Waals surface area contributed by atoms with E-state index in [1.165, 1.54) is 12.2 Å². The van der Waals surface area contributed by atoms with Crippen molar-refractivity contribution in [2.75, 3.05) is 19.0 Å². The highest BCUT2D eigenvalue weighted by Gasteiger charge is 2.52. The summed E-state index contributed by atoms with van der Waals surface area (Å²) in [4.78, 5) is 23.2. The molecule has 0 heterocycles. The standard InChI is InChI=1S/C12H18O4S/c1-2-15-10(13)12(6-7-12)11(14)16-8-4-3-5-9-17/h6-7,17H,2-5,8-9H2,1H3. The lowest BCUT2D eigenvalue weighted by molar-refractivity contribution is -0.162.